The molecule has 1 amide bonds. The van der Waals surface area contributed by atoms with E-state index < -0.39 is 11.9 Å². The number of anilines is 1. The average Bonchev–Trinajstić information content (AvgIpc) is 2.65. The monoisotopic (exact) mass is 357 g/mol. The van der Waals surface area contributed by atoms with Crippen LogP contribution in [0, 0.1) is 0 Å². The van der Waals surface area contributed by atoms with Crippen molar-refractivity contribution in [1.82, 2.24) is 0 Å². The molecule has 136 valence electrons. The zero-order chi connectivity index (χ0) is 19.1. The van der Waals surface area contributed by atoms with Gasteiger partial charge >= 0.3 is 5.97 Å². The number of hydrogen-bond acceptors (Lipinski definition) is 5. The molecule has 0 saturated heterocycles. The van der Waals surface area contributed by atoms with Gasteiger partial charge < -0.3 is 24.6 Å². The molecule has 0 spiro atoms. The normalized spacial score (nSPS) is 10.4. The lowest BCUT2D eigenvalue weighted by atomic mass is 10.1. The molecule has 26 heavy (non-hydrogen) atoms. The Hall–Kier alpha value is -3.48. The summed E-state index contributed by atoms with van der Waals surface area (Å²) < 4.78 is 15.8. The van der Waals surface area contributed by atoms with Crippen LogP contribution in [0.1, 0.15) is 15.9 Å². The highest BCUT2D eigenvalue weighted by molar-refractivity contribution is 6.02. The largest absolute Gasteiger partial charge is 0.493 e. The number of aromatic carboxylic acids is 1. The minimum Gasteiger partial charge on any atom is -0.493 e. The molecular weight excluding hydrogens is 338 g/mol. The summed E-state index contributed by atoms with van der Waals surface area (Å²) in [7, 11) is 4.52. The highest BCUT2D eigenvalue weighted by atomic mass is 16.5. The Balaban J connectivity index is 2.17. The Bertz CT molecular complexity index is 819. The summed E-state index contributed by atoms with van der Waals surface area (Å²) in [6, 6.07) is 9.41. The molecule has 0 heterocycles. The molecule has 0 bridgehead atoms. The Morgan fingerprint density at radius 1 is 1.00 bits per heavy atom. The summed E-state index contributed by atoms with van der Waals surface area (Å²) in [5.74, 6) is -0.0559. The molecule has 0 aliphatic heterocycles. The molecule has 0 aliphatic carbocycles. The fraction of sp³-hybridized carbons (Fsp3) is 0.158. The van der Waals surface area contributed by atoms with Gasteiger partial charge in [-0.2, -0.15) is 0 Å². The van der Waals surface area contributed by atoms with Gasteiger partial charge in [0.1, 0.15) is 0 Å². The Labute approximate surface area is 150 Å². The van der Waals surface area contributed by atoms with Gasteiger partial charge in [0.15, 0.2) is 11.5 Å². The first-order chi connectivity index (χ1) is 12.5. The van der Waals surface area contributed by atoms with Gasteiger partial charge in [0.25, 0.3) is 0 Å². The second-order valence-electron chi connectivity index (χ2n) is 5.17. The summed E-state index contributed by atoms with van der Waals surface area (Å²) in [6.07, 6.45) is 2.91. The van der Waals surface area contributed by atoms with Crippen molar-refractivity contribution in [3.8, 4) is 17.2 Å². The topological polar surface area (TPSA) is 94.1 Å². The van der Waals surface area contributed by atoms with Crippen molar-refractivity contribution >= 4 is 23.6 Å². The number of hydrogen-bond donors (Lipinski definition) is 2. The summed E-state index contributed by atoms with van der Waals surface area (Å²) in [6.45, 7) is 0. The van der Waals surface area contributed by atoms with E-state index in [1.807, 2.05) is 0 Å². The van der Waals surface area contributed by atoms with Gasteiger partial charge in [0, 0.05) is 11.8 Å². The van der Waals surface area contributed by atoms with Gasteiger partial charge in [-0.3, -0.25) is 4.79 Å². The minimum atomic E-state index is -1.06. The van der Waals surface area contributed by atoms with Crippen LogP contribution in [0.25, 0.3) is 6.08 Å². The number of benzene rings is 2. The van der Waals surface area contributed by atoms with E-state index in [1.165, 1.54) is 39.5 Å². The van der Waals surface area contributed by atoms with Crippen LogP contribution in [-0.2, 0) is 4.79 Å². The SMILES string of the molecule is COc1cc(/C=C/C(=O)Nc2cccc(C(=O)O)c2)cc(OC)c1OC. The molecule has 0 aliphatic rings. The third-order valence-electron chi connectivity index (χ3n) is 3.49. The van der Waals surface area contributed by atoms with Crippen molar-refractivity contribution in [2.24, 2.45) is 0 Å². The minimum absolute atomic E-state index is 0.0939. The number of amides is 1. The second-order valence-corrected chi connectivity index (χ2v) is 5.17. The predicted octanol–water partition coefficient (Wildman–Crippen LogP) is 3.06. The molecule has 0 radical (unpaired) electrons. The lowest BCUT2D eigenvalue weighted by molar-refractivity contribution is -0.111. The van der Waals surface area contributed by atoms with Crippen LogP contribution in [-0.4, -0.2) is 38.3 Å². The van der Waals surface area contributed by atoms with Crippen molar-refractivity contribution in [3.63, 3.8) is 0 Å². The average molecular weight is 357 g/mol. The highest BCUT2D eigenvalue weighted by Gasteiger charge is 2.12. The van der Waals surface area contributed by atoms with E-state index in [1.54, 1.807) is 30.3 Å². The number of ether oxygens (including phenoxy) is 3. The molecule has 0 saturated carbocycles. The summed E-state index contributed by atoms with van der Waals surface area (Å²) in [5.41, 5.74) is 1.16. The van der Waals surface area contributed by atoms with Crippen molar-refractivity contribution < 1.29 is 28.9 Å². The Morgan fingerprint density at radius 3 is 2.19 bits per heavy atom. The summed E-state index contributed by atoms with van der Waals surface area (Å²) in [5, 5.41) is 11.6. The van der Waals surface area contributed by atoms with Gasteiger partial charge in [-0.1, -0.05) is 6.07 Å². The number of carbonyl (C=O) groups is 2. The number of nitrogens with one attached hydrogen (secondary N) is 1. The van der Waals surface area contributed by atoms with Crippen molar-refractivity contribution in [3.05, 3.63) is 53.6 Å². The zero-order valence-corrected chi connectivity index (χ0v) is 14.6. The molecule has 0 unspecified atom stereocenters. The molecule has 7 heteroatoms. The van der Waals surface area contributed by atoms with E-state index >= 15 is 0 Å². The molecule has 0 atom stereocenters. The van der Waals surface area contributed by atoms with Crippen molar-refractivity contribution in [1.29, 1.82) is 0 Å². The second kappa shape index (κ2) is 8.57. The molecule has 2 aromatic rings. The van der Waals surface area contributed by atoms with E-state index in [-0.39, 0.29) is 5.56 Å². The van der Waals surface area contributed by atoms with Gasteiger partial charge in [0.05, 0.1) is 26.9 Å². The highest BCUT2D eigenvalue weighted by Crippen LogP contribution is 2.38. The van der Waals surface area contributed by atoms with E-state index in [0.717, 1.165) is 0 Å². The van der Waals surface area contributed by atoms with Crippen LogP contribution in [0.4, 0.5) is 5.69 Å². The quantitative estimate of drug-likeness (QED) is 0.740. The smallest absolute Gasteiger partial charge is 0.335 e. The number of carboxylic acids is 1. The maximum atomic E-state index is 12.1. The maximum Gasteiger partial charge on any atom is 0.335 e. The summed E-state index contributed by atoms with van der Waals surface area (Å²) in [4.78, 5) is 23.0. The van der Waals surface area contributed by atoms with Gasteiger partial charge in [0.2, 0.25) is 11.7 Å². The molecule has 7 nitrogen and oxygen atoms in total. The van der Waals surface area contributed by atoms with Crippen LogP contribution in [0.5, 0.6) is 17.2 Å². The summed E-state index contributed by atoms with van der Waals surface area (Å²) >= 11 is 0. The third kappa shape index (κ3) is 4.54. The number of carboxylic acid groups (broad SMARTS) is 1. The lowest BCUT2D eigenvalue weighted by Gasteiger charge is -2.12. The van der Waals surface area contributed by atoms with Crippen LogP contribution in [0.2, 0.25) is 0 Å². The van der Waals surface area contributed by atoms with Gasteiger partial charge in [-0.15, -0.1) is 0 Å². The molecule has 0 fully saturated rings. The van der Waals surface area contributed by atoms with Crippen molar-refractivity contribution in [2.45, 2.75) is 0 Å². The first kappa shape index (κ1) is 18.9. The zero-order valence-electron chi connectivity index (χ0n) is 14.6. The molecule has 2 aromatic carbocycles. The van der Waals surface area contributed by atoms with E-state index in [2.05, 4.69) is 5.32 Å². The van der Waals surface area contributed by atoms with Crippen LogP contribution >= 0.6 is 0 Å². The van der Waals surface area contributed by atoms with E-state index in [0.29, 0.717) is 28.5 Å². The fourth-order valence-electron chi connectivity index (χ4n) is 2.28. The lowest BCUT2D eigenvalue weighted by Crippen LogP contribution is -2.08. The standard InChI is InChI=1S/C19H19NO6/c1-24-15-9-12(10-16(25-2)18(15)26-3)7-8-17(21)20-14-6-4-5-13(11-14)19(22)23/h4-11H,1-3H3,(H,20,21)(H,22,23)/b8-7+. The fourth-order valence-corrected chi connectivity index (χ4v) is 2.28. The molecule has 2 rings (SSSR count). The van der Waals surface area contributed by atoms with Crippen LogP contribution in [0.3, 0.4) is 0 Å². The van der Waals surface area contributed by atoms with Crippen LogP contribution < -0.4 is 19.5 Å². The molecule has 2 N–H and O–H groups in total. The first-order valence-electron chi connectivity index (χ1n) is 7.61. The predicted molar refractivity (Wildman–Crippen MR) is 97.2 cm³/mol. The molecular formula is C19H19NO6. The Kier molecular flexibility index (Phi) is 6.21. The van der Waals surface area contributed by atoms with E-state index in [9.17, 15) is 9.59 Å². The van der Waals surface area contributed by atoms with Gasteiger partial charge in [-0.05, 0) is 42.0 Å². The number of methoxy groups -OCH3 is 3. The number of carbonyl (C=O) groups excluding carboxylic acids is 1. The Morgan fingerprint density at radius 2 is 1.65 bits per heavy atom. The van der Waals surface area contributed by atoms with Crippen LogP contribution in [0.15, 0.2) is 42.5 Å². The third-order valence-corrected chi connectivity index (χ3v) is 3.49. The van der Waals surface area contributed by atoms with E-state index in [4.69, 9.17) is 19.3 Å². The maximum absolute atomic E-state index is 12.1. The van der Waals surface area contributed by atoms with Gasteiger partial charge in [-0.25, -0.2) is 4.79 Å². The first-order valence-corrected chi connectivity index (χ1v) is 7.61. The van der Waals surface area contributed by atoms with Crippen molar-refractivity contribution in [2.75, 3.05) is 26.6 Å². The number of rotatable bonds is 7. The molecule has 0 aromatic heterocycles.